The number of carbonyl (C=O) groups is 2. The topological polar surface area (TPSA) is 73.9 Å². The van der Waals surface area contributed by atoms with E-state index in [1.165, 1.54) is 13.2 Å². The fourth-order valence-electron chi connectivity index (χ4n) is 4.15. The number of hydrogen-bond donors (Lipinski definition) is 1. The van der Waals surface area contributed by atoms with Gasteiger partial charge in [-0.1, -0.05) is 56.2 Å². The largest absolute Gasteiger partial charge is 0.493 e. The van der Waals surface area contributed by atoms with E-state index in [0.29, 0.717) is 24.5 Å². The minimum Gasteiger partial charge on any atom is -0.493 e. The Labute approximate surface area is 189 Å². The molecule has 0 aliphatic heterocycles. The Morgan fingerprint density at radius 2 is 1.88 bits per heavy atom. The Hall–Kier alpha value is -3.28. The third-order valence-electron chi connectivity index (χ3n) is 6.05. The van der Waals surface area contributed by atoms with Crippen molar-refractivity contribution in [3.05, 3.63) is 65.7 Å². The van der Waals surface area contributed by atoms with Gasteiger partial charge in [0, 0.05) is 6.08 Å². The number of methoxy groups -OCH3 is 2. The van der Waals surface area contributed by atoms with Gasteiger partial charge >= 0.3 is 5.97 Å². The van der Waals surface area contributed by atoms with Gasteiger partial charge in [0.25, 0.3) is 0 Å². The van der Waals surface area contributed by atoms with Crippen molar-refractivity contribution >= 4 is 18.0 Å². The predicted octanol–water partition coefficient (Wildman–Crippen LogP) is 4.53. The Bertz CT molecular complexity index is 956. The third-order valence-corrected chi connectivity index (χ3v) is 6.05. The zero-order valence-electron chi connectivity index (χ0n) is 18.9. The number of benzene rings is 2. The lowest BCUT2D eigenvalue weighted by Crippen LogP contribution is -2.60. The minimum atomic E-state index is -0.971. The van der Waals surface area contributed by atoms with E-state index in [4.69, 9.17) is 14.2 Å². The average Bonchev–Trinajstić information content (AvgIpc) is 2.83. The molecule has 2 unspecified atom stereocenters. The van der Waals surface area contributed by atoms with Crippen LogP contribution >= 0.6 is 0 Å². The second-order valence-electron chi connectivity index (χ2n) is 8.12. The predicted molar refractivity (Wildman–Crippen MR) is 123 cm³/mol. The van der Waals surface area contributed by atoms with Crippen molar-refractivity contribution in [1.82, 2.24) is 5.32 Å². The lowest BCUT2D eigenvalue weighted by molar-refractivity contribution is -0.154. The van der Waals surface area contributed by atoms with Crippen LogP contribution in [0.15, 0.2) is 54.6 Å². The van der Waals surface area contributed by atoms with Crippen molar-refractivity contribution < 1.29 is 23.8 Å². The van der Waals surface area contributed by atoms with Gasteiger partial charge in [-0.15, -0.1) is 0 Å². The summed E-state index contributed by atoms with van der Waals surface area (Å²) in [4.78, 5) is 25.2. The number of carbonyl (C=O) groups excluding carboxylic acids is 2. The molecule has 1 amide bonds. The molecule has 1 aliphatic rings. The highest BCUT2D eigenvalue weighted by molar-refractivity contribution is 5.96. The van der Waals surface area contributed by atoms with Gasteiger partial charge < -0.3 is 19.5 Å². The SMILES string of the molecule is COC(=O)C1(NC(=O)/C=C/c2ccc(OCc3ccccc3)c(OC)c2)CCCCC1C. The molecular formula is C26H31NO5. The van der Waals surface area contributed by atoms with Crippen molar-refractivity contribution in [2.75, 3.05) is 14.2 Å². The number of nitrogens with one attached hydrogen (secondary N) is 1. The maximum atomic E-state index is 12.7. The van der Waals surface area contributed by atoms with Crippen LogP contribution in [0.3, 0.4) is 0 Å². The van der Waals surface area contributed by atoms with Crippen LogP contribution in [-0.4, -0.2) is 31.6 Å². The molecule has 1 fully saturated rings. The fourth-order valence-corrected chi connectivity index (χ4v) is 4.15. The molecule has 170 valence electrons. The first-order chi connectivity index (χ1) is 15.5. The highest BCUT2D eigenvalue weighted by Crippen LogP contribution is 2.35. The summed E-state index contributed by atoms with van der Waals surface area (Å²) in [5.74, 6) is 0.511. The van der Waals surface area contributed by atoms with Gasteiger partial charge in [-0.25, -0.2) is 4.79 Å². The molecule has 1 N–H and O–H groups in total. The third kappa shape index (κ3) is 5.49. The maximum Gasteiger partial charge on any atom is 0.331 e. The number of amides is 1. The maximum absolute atomic E-state index is 12.7. The van der Waals surface area contributed by atoms with E-state index >= 15 is 0 Å². The summed E-state index contributed by atoms with van der Waals surface area (Å²) in [7, 11) is 2.94. The summed E-state index contributed by atoms with van der Waals surface area (Å²) in [6.07, 6.45) is 6.51. The van der Waals surface area contributed by atoms with Crippen LogP contribution in [0, 0.1) is 5.92 Å². The number of esters is 1. The fraction of sp³-hybridized carbons (Fsp3) is 0.385. The second kappa shape index (κ2) is 10.8. The summed E-state index contributed by atoms with van der Waals surface area (Å²) in [6.45, 7) is 2.42. The first-order valence-corrected chi connectivity index (χ1v) is 10.9. The molecule has 0 heterocycles. The number of rotatable bonds is 8. The van der Waals surface area contributed by atoms with Crippen LogP contribution in [0.1, 0.15) is 43.7 Å². The van der Waals surface area contributed by atoms with Crippen molar-refractivity contribution in [3.8, 4) is 11.5 Å². The molecule has 0 spiro atoms. The number of hydrogen-bond acceptors (Lipinski definition) is 5. The number of ether oxygens (including phenoxy) is 3. The van der Waals surface area contributed by atoms with Gasteiger partial charge in [0.05, 0.1) is 14.2 Å². The van der Waals surface area contributed by atoms with Gasteiger partial charge in [0.2, 0.25) is 5.91 Å². The molecule has 6 heteroatoms. The molecule has 1 aliphatic carbocycles. The van der Waals surface area contributed by atoms with E-state index in [2.05, 4.69) is 5.32 Å². The van der Waals surface area contributed by atoms with Gasteiger partial charge in [-0.3, -0.25) is 4.79 Å². The molecular weight excluding hydrogens is 406 g/mol. The van der Waals surface area contributed by atoms with Crippen LogP contribution in [0.2, 0.25) is 0 Å². The molecule has 0 bridgehead atoms. The van der Waals surface area contributed by atoms with Gasteiger partial charge in [-0.05, 0) is 48.1 Å². The first kappa shape index (κ1) is 23.4. The van der Waals surface area contributed by atoms with Gasteiger partial charge in [0.15, 0.2) is 11.5 Å². The van der Waals surface area contributed by atoms with Gasteiger partial charge in [0.1, 0.15) is 12.1 Å². The molecule has 2 aromatic carbocycles. The smallest absolute Gasteiger partial charge is 0.331 e. The molecule has 0 saturated heterocycles. The van der Waals surface area contributed by atoms with Crippen LogP contribution in [-0.2, 0) is 20.9 Å². The molecule has 2 atom stereocenters. The Morgan fingerprint density at radius 3 is 2.56 bits per heavy atom. The summed E-state index contributed by atoms with van der Waals surface area (Å²) in [5, 5.41) is 2.93. The van der Waals surface area contributed by atoms with E-state index in [0.717, 1.165) is 30.4 Å². The quantitative estimate of drug-likeness (QED) is 0.485. The van der Waals surface area contributed by atoms with Crippen LogP contribution < -0.4 is 14.8 Å². The zero-order chi connectivity index (χ0) is 23.0. The standard InChI is InChI=1S/C26H31NO5/c1-19-9-7-8-16-26(19,25(29)31-3)27-24(28)15-13-20-12-14-22(23(17-20)30-2)32-18-21-10-5-4-6-11-21/h4-6,10-15,17,19H,7-9,16,18H2,1-3H3,(H,27,28)/b15-13+. The molecule has 1 saturated carbocycles. The average molecular weight is 438 g/mol. The van der Waals surface area contributed by atoms with Crippen LogP contribution in [0.4, 0.5) is 0 Å². The minimum absolute atomic E-state index is 0.0159. The van der Waals surface area contributed by atoms with Gasteiger partial charge in [-0.2, -0.15) is 0 Å². The molecule has 3 rings (SSSR count). The van der Waals surface area contributed by atoms with Crippen LogP contribution in [0.25, 0.3) is 6.08 Å². The lowest BCUT2D eigenvalue weighted by Gasteiger charge is -2.40. The Morgan fingerprint density at radius 1 is 1.09 bits per heavy atom. The van der Waals surface area contributed by atoms with E-state index < -0.39 is 5.54 Å². The molecule has 32 heavy (non-hydrogen) atoms. The van der Waals surface area contributed by atoms with E-state index in [9.17, 15) is 9.59 Å². The van der Waals surface area contributed by atoms with Crippen molar-refractivity contribution in [2.24, 2.45) is 5.92 Å². The Kier molecular flexibility index (Phi) is 7.92. The summed E-state index contributed by atoms with van der Waals surface area (Å²) in [5.41, 5.74) is 0.876. The molecule has 6 nitrogen and oxygen atoms in total. The monoisotopic (exact) mass is 437 g/mol. The highest BCUT2D eigenvalue weighted by atomic mass is 16.5. The zero-order valence-corrected chi connectivity index (χ0v) is 18.9. The van der Waals surface area contributed by atoms with Crippen LogP contribution in [0.5, 0.6) is 11.5 Å². The van der Waals surface area contributed by atoms with Crippen molar-refractivity contribution in [3.63, 3.8) is 0 Å². The van der Waals surface area contributed by atoms with Crippen molar-refractivity contribution in [1.29, 1.82) is 0 Å². The summed E-state index contributed by atoms with van der Waals surface area (Å²) in [6, 6.07) is 15.4. The first-order valence-electron chi connectivity index (χ1n) is 10.9. The lowest BCUT2D eigenvalue weighted by atomic mass is 9.73. The molecule has 0 aromatic heterocycles. The summed E-state index contributed by atoms with van der Waals surface area (Å²) < 4.78 is 16.4. The molecule has 2 aromatic rings. The summed E-state index contributed by atoms with van der Waals surface area (Å²) >= 11 is 0. The van der Waals surface area contributed by atoms with E-state index in [1.54, 1.807) is 13.2 Å². The van der Waals surface area contributed by atoms with E-state index in [1.807, 2.05) is 55.5 Å². The normalized spacial score (nSPS) is 20.5. The Balaban J connectivity index is 1.68. The second-order valence-corrected chi connectivity index (χ2v) is 8.12. The van der Waals surface area contributed by atoms with Crippen molar-refractivity contribution in [2.45, 2.75) is 44.8 Å². The molecule has 0 radical (unpaired) electrons. The highest BCUT2D eigenvalue weighted by Gasteiger charge is 2.46. The van der Waals surface area contributed by atoms with E-state index in [-0.39, 0.29) is 17.8 Å².